The molecule has 0 saturated heterocycles. The van der Waals surface area contributed by atoms with Crippen molar-refractivity contribution in [1.82, 2.24) is 4.72 Å². The minimum absolute atomic E-state index is 0.266. The summed E-state index contributed by atoms with van der Waals surface area (Å²) in [7, 11) is -3.49. The van der Waals surface area contributed by atoms with E-state index in [9.17, 15) is 8.42 Å². The van der Waals surface area contributed by atoms with E-state index < -0.39 is 10.0 Å². The zero-order chi connectivity index (χ0) is 15.3. The number of sulfonamides is 1. The van der Waals surface area contributed by atoms with Gasteiger partial charge in [0.2, 0.25) is 10.0 Å². The Morgan fingerprint density at radius 1 is 1.33 bits per heavy atom. The number of rotatable bonds is 9. The van der Waals surface area contributed by atoms with Crippen molar-refractivity contribution in [2.75, 3.05) is 19.8 Å². The lowest BCUT2D eigenvalue weighted by molar-refractivity contribution is 0.129. The molecule has 0 spiro atoms. The van der Waals surface area contributed by atoms with Crippen LogP contribution in [0.15, 0.2) is 23.1 Å². The molecule has 0 atom stereocenters. The van der Waals surface area contributed by atoms with Crippen LogP contribution in [0.2, 0.25) is 0 Å². The number of nitrogens with one attached hydrogen (secondary N) is 1. The van der Waals surface area contributed by atoms with E-state index in [1.807, 2.05) is 13.0 Å². The van der Waals surface area contributed by atoms with Crippen molar-refractivity contribution in [2.24, 2.45) is 11.7 Å². The Balaban J connectivity index is 1.91. The summed E-state index contributed by atoms with van der Waals surface area (Å²) in [6.07, 6.45) is 3.31. The molecule has 1 aliphatic rings. The molecule has 3 N–H and O–H groups in total. The molecule has 6 heteroatoms. The van der Waals surface area contributed by atoms with Crippen LogP contribution in [0.1, 0.15) is 30.9 Å². The molecule has 1 aromatic carbocycles. The van der Waals surface area contributed by atoms with Gasteiger partial charge in [0.15, 0.2) is 0 Å². The van der Waals surface area contributed by atoms with Crippen LogP contribution in [-0.2, 0) is 27.7 Å². The van der Waals surface area contributed by atoms with Crippen LogP contribution in [0.4, 0.5) is 0 Å². The van der Waals surface area contributed by atoms with E-state index in [4.69, 9.17) is 10.5 Å². The summed E-state index contributed by atoms with van der Waals surface area (Å²) in [5, 5.41) is 0. The summed E-state index contributed by atoms with van der Waals surface area (Å²) in [6.45, 7) is 3.81. The van der Waals surface area contributed by atoms with Crippen molar-refractivity contribution in [3.63, 3.8) is 0 Å². The highest BCUT2D eigenvalue weighted by molar-refractivity contribution is 7.89. The highest BCUT2D eigenvalue weighted by atomic mass is 32.2. The number of hydrogen-bond donors (Lipinski definition) is 2. The van der Waals surface area contributed by atoms with Crippen LogP contribution in [-0.4, -0.2) is 28.2 Å². The minimum atomic E-state index is -3.49. The molecule has 21 heavy (non-hydrogen) atoms. The van der Waals surface area contributed by atoms with Gasteiger partial charge in [0, 0.05) is 19.7 Å². The lowest BCUT2D eigenvalue weighted by Gasteiger charge is -2.11. The highest BCUT2D eigenvalue weighted by Crippen LogP contribution is 2.28. The smallest absolute Gasteiger partial charge is 0.240 e. The Morgan fingerprint density at radius 3 is 2.71 bits per heavy atom. The molecule has 0 aromatic heterocycles. The van der Waals surface area contributed by atoms with Gasteiger partial charge in [-0.15, -0.1) is 0 Å². The number of nitrogens with two attached hydrogens (primary N) is 1. The summed E-state index contributed by atoms with van der Waals surface area (Å²) in [6, 6.07) is 5.12. The third-order valence-corrected chi connectivity index (χ3v) is 5.14. The van der Waals surface area contributed by atoms with Crippen LogP contribution in [0.5, 0.6) is 0 Å². The molecule has 1 saturated carbocycles. The van der Waals surface area contributed by atoms with Crippen molar-refractivity contribution < 1.29 is 13.2 Å². The molecule has 0 heterocycles. The lowest BCUT2D eigenvalue weighted by atomic mass is 10.1. The summed E-state index contributed by atoms with van der Waals surface area (Å²) < 4.78 is 32.4. The number of ether oxygens (including phenoxy) is 1. The zero-order valence-corrected chi connectivity index (χ0v) is 13.3. The van der Waals surface area contributed by atoms with E-state index in [0.29, 0.717) is 25.6 Å². The SMILES string of the molecule is CCc1ccc(S(=O)(=O)NCCOCC2CC2)cc1CN. The van der Waals surface area contributed by atoms with Crippen molar-refractivity contribution in [1.29, 1.82) is 0 Å². The van der Waals surface area contributed by atoms with E-state index in [-0.39, 0.29) is 4.90 Å². The van der Waals surface area contributed by atoms with Gasteiger partial charge in [-0.1, -0.05) is 13.0 Å². The average Bonchev–Trinajstić information content (AvgIpc) is 3.30. The molecule has 118 valence electrons. The summed E-state index contributed by atoms with van der Waals surface area (Å²) in [5.74, 6) is 0.690. The van der Waals surface area contributed by atoms with Crippen molar-refractivity contribution >= 4 is 10.0 Å². The average molecular weight is 312 g/mol. The molecule has 1 aromatic rings. The molecule has 1 aliphatic carbocycles. The zero-order valence-electron chi connectivity index (χ0n) is 12.5. The molecule has 0 amide bonds. The van der Waals surface area contributed by atoms with Crippen LogP contribution < -0.4 is 10.5 Å². The molecule has 0 aliphatic heterocycles. The Bertz CT molecular complexity index is 568. The second-order valence-corrected chi connectivity index (χ2v) is 7.17. The maximum Gasteiger partial charge on any atom is 0.240 e. The van der Waals surface area contributed by atoms with E-state index in [0.717, 1.165) is 24.2 Å². The largest absolute Gasteiger partial charge is 0.380 e. The van der Waals surface area contributed by atoms with Crippen LogP contribution in [0, 0.1) is 5.92 Å². The quantitative estimate of drug-likeness (QED) is 0.676. The second kappa shape index (κ2) is 7.35. The topological polar surface area (TPSA) is 81.4 Å². The maximum atomic E-state index is 12.2. The van der Waals surface area contributed by atoms with Crippen molar-refractivity contribution in [2.45, 2.75) is 37.6 Å². The van der Waals surface area contributed by atoms with Crippen LogP contribution in [0.3, 0.4) is 0 Å². The minimum Gasteiger partial charge on any atom is -0.380 e. The van der Waals surface area contributed by atoms with Gasteiger partial charge in [0.1, 0.15) is 0 Å². The second-order valence-electron chi connectivity index (χ2n) is 5.40. The Labute approximate surface area is 126 Å². The third-order valence-electron chi connectivity index (χ3n) is 3.68. The van der Waals surface area contributed by atoms with E-state index in [1.54, 1.807) is 12.1 Å². The van der Waals surface area contributed by atoms with E-state index in [1.165, 1.54) is 12.8 Å². The van der Waals surface area contributed by atoms with Gasteiger partial charge in [-0.2, -0.15) is 0 Å². The van der Waals surface area contributed by atoms with Crippen LogP contribution in [0.25, 0.3) is 0 Å². The van der Waals surface area contributed by atoms with Gasteiger partial charge in [-0.3, -0.25) is 0 Å². The highest BCUT2D eigenvalue weighted by Gasteiger charge is 2.21. The fraction of sp³-hybridized carbons (Fsp3) is 0.600. The fourth-order valence-electron chi connectivity index (χ4n) is 2.17. The summed E-state index contributed by atoms with van der Waals surface area (Å²) in [4.78, 5) is 0.266. The first-order valence-corrected chi connectivity index (χ1v) is 8.94. The number of benzene rings is 1. The Kier molecular flexibility index (Phi) is 5.75. The fourth-order valence-corrected chi connectivity index (χ4v) is 3.23. The van der Waals surface area contributed by atoms with Gasteiger partial charge in [0.25, 0.3) is 0 Å². The lowest BCUT2D eigenvalue weighted by Crippen LogP contribution is -2.28. The van der Waals surface area contributed by atoms with Crippen LogP contribution >= 0.6 is 0 Å². The molecule has 5 nitrogen and oxygen atoms in total. The normalized spacial score (nSPS) is 15.3. The predicted molar refractivity (Wildman–Crippen MR) is 82.4 cm³/mol. The van der Waals surface area contributed by atoms with Gasteiger partial charge < -0.3 is 10.5 Å². The molecule has 0 radical (unpaired) electrons. The summed E-state index contributed by atoms with van der Waals surface area (Å²) in [5.41, 5.74) is 7.64. The van der Waals surface area contributed by atoms with Crippen molar-refractivity contribution in [3.05, 3.63) is 29.3 Å². The van der Waals surface area contributed by atoms with E-state index in [2.05, 4.69) is 4.72 Å². The Morgan fingerprint density at radius 2 is 2.10 bits per heavy atom. The van der Waals surface area contributed by atoms with E-state index >= 15 is 0 Å². The monoisotopic (exact) mass is 312 g/mol. The number of aryl methyl sites for hydroxylation is 1. The van der Waals surface area contributed by atoms with Gasteiger partial charge in [-0.25, -0.2) is 13.1 Å². The third kappa shape index (κ3) is 4.78. The molecule has 0 unspecified atom stereocenters. The standard InChI is InChI=1S/C15H24N2O3S/c1-2-13-5-6-15(9-14(13)10-16)21(18,19)17-7-8-20-11-12-3-4-12/h5-6,9,12,17H,2-4,7-8,10-11,16H2,1H3. The van der Waals surface area contributed by atoms with Gasteiger partial charge >= 0.3 is 0 Å². The molecule has 1 fully saturated rings. The molecular weight excluding hydrogens is 288 g/mol. The predicted octanol–water partition coefficient (Wildman–Crippen LogP) is 1.41. The maximum absolute atomic E-state index is 12.2. The Hall–Kier alpha value is -0.950. The first-order chi connectivity index (χ1) is 10.1. The number of hydrogen-bond acceptors (Lipinski definition) is 4. The van der Waals surface area contributed by atoms with Gasteiger partial charge in [-0.05, 0) is 48.4 Å². The summed E-state index contributed by atoms with van der Waals surface area (Å²) >= 11 is 0. The van der Waals surface area contributed by atoms with Crippen molar-refractivity contribution in [3.8, 4) is 0 Å². The first-order valence-electron chi connectivity index (χ1n) is 7.46. The molecule has 2 rings (SSSR count). The van der Waals surface area contributed by atoms with Gasteiger partial charge in [0.05, 0.1) is 11.5 Å². The molecule has 0 bridgehead atoms. The molecular formula is C15H24N2O3S. The first kappa shape index (κ1) is 16.4.